The maximum absolute atomic E-state index is 13.1. The Morgan fingerprint density at radius 3 is 2.66 bits per heavy atom. The number of carbonyl (C=O) groups is 2. The smallest absolute Gasteiger partial charge is 0.307 e. The monoisotopic (exact) mass is 508 g/mol. The van der Waals surface area contributed by atoms with Crippen LogP contribution in [0.5, 0.6) is 5.75 Å². The maximum Gasteiger partial charge on any atom is 0.307 e. The van der Waals surface area contributed by atoms with Crippen LogP contribution in [0.25, 0.3) is 0 Å². The summed E-state index contributed by atoms with van der Waals surface area (Å²) in [5.41, 5.74) is 1.25. The lowest BCUT2D eigenvalue weighted by atomic mass is 9.68. The van der Waals surface area contributed by atoms with Crippen molar-refractivity contribution in [2.75, 3.05) is 32.8 Å². The fourth-order valence-corrected chi connectivity index (χ4v) is 5.90. The van der Waals surface area contributed by atoms with Crippen molar-refractivity contribution in [2.24, 2.45) is 17.8 Å². The quantitative estimate of drug-likeness (QED) is 0.431. The first-order valence-corrected chi connectivity index (χ1v) is 13.3. The number of nitrogens with zero attached hydrogens (tertiary/aromatic N) is 1. The number of piperidine rings is 1. The zero-order valence-corrected chi connectivity index (χ0v) is 22.6. The Kier molecular flexibility index (Phi) is 11.8. The Morgan fingerprint density at radius 1 is 1.26 bits per heavy atom. The van der Waals surface area contributed by atoms with E-state index in [1.54, 1.807) is 13.0 Å². The number of ether oxygens (including phenoxy) is 1. The molecule has 1 saturated carbocycles. The minimum absolute atomic E-state index is 0. The first kappa shape index (κ1) is 29.4. The van der Waals surface area contributed by atoms with Crippen molar-refractivity contribution in [3.63, 3.8) is 0 Å². The molecule has 198 valence electrons. The molecule has 0 radical (unpaired) electrons. The summed E-state index contributed by atoms with van der Waals surface area (Å²) in [6.45, 7) is 10.0. The molecule has 1 aromatic rings. The number of amides is 1. The van der Waals surface area contributed by atoms with Gasteiger partial charge in [0.05, 0.1) is 13.0 Å². The number of hydrogen-bond acceptors (Lipinski definition) is 5. The topological polar surface area (TPSA) is 78.9 Å². The van der Waals surface area contributed by atoms with Gasteiger partial charge in [-0.3, -0.25) is 9.59 Å². The van der Waals surface area contributed by atoms with Crippen LogP contribution in [-0.2, 0) is 19.7 Å². The molecule has 0 aromatic heterocycles. The van der Waals surface area contributed by atoms with Crippen molar-refractivity contribution in [3.05, 3.63) is 29.8 Å². The fourth-order valence-electron chi connectivity index (χ4n) is 5.90. The second-order valence-corrected chi connectivity index (χ2v) is 10.6. The molecule has 2 N–H and O–H groups in total. The number of aromatic hydroxyl groups is 1. The molecule has 3 unspecified atom stereocenters. The number of esters is 1. The molecule has 2 fully saturated rings. The van der Waals surface area contributed by atoms with E-state index in [0.29, 0.717) is 30.7 Å². The molecular formula is C28H45ClN2O4. The Balaban J connectivity index is 0.00000432. The predicted molar refractivity (Wildman–Crippen MR) is 142 cm³/mol. The third-order valence-electron chi connectivity index (χ3n) is 8.32. The fraction of sp³-hybridized carbons (Fsp3) is 0.714. The molecule has 1 aliphatic heterocycles. The summed E-state index contributed by atoms with van der Waals surface area (Å²) >= 11 is 0. The van der Waals surface area contributed by atoms with E-state index in [0.717, 1.165) is 45.3 Å². The Labute approximate surface area is 217 Å². The van der Waals surface area contributed by atoms with Gasteiger partial charge in [0, 0.05) is 19.0 Å². The van der Waals surface area contributed by atoms with Gasteiger partial charge in [-0.05, 0) is 80.6 Å². The van der Waals surface area contributed by atoms with Crippen molar-refractivity contribution >= 4 is 24.3 Å². The minimum Gasteiger partial charge on any atom is -0.508 e. The van der Waals surface area contributed by atoms with Gasteiger partial charge in [0.25, 0.3) is 0 Å². The van der Waals surface area contributed by atoms with E-state index < -0.39 is 0 Å². The molecule has 2 aliphatic rings. The lowest BCUT2D eigenvalue weighted by Gasteiger charge is -2.45. The Hall–Kier alpha value is -1.79. The number of nitrogens with one attached hydrogen (secondary N) is 1. The van der Waals surface area contributed by atoms with Gasteiger partial charge in [-0.1, -0.05) is 45.2 Å². The van der Waals surface area contributed by atoms with E-state index in [9.17, 15) is 14.7 Å². The number of phenolic OH excluding ortho intramolecular Hbond substituents is 1. The molecule has 1 aromatic carbocycles. The van der Waals surface area contributed by atoms with Crippen LogP contribution in [0.3, 0.4) is 0 Å². The van der Waals surface area contributed by atoms with Gasteiger partial charge in [0.2, 0.25) is 5.91 Å². The number of hydrogen-bond donors (Lipinski definition) is 2. The lowest BCUT2D eigenvalue weighted by Crippen LogP contribution is -2.48. The van der Waals surface area contributed by atoms with E-state index in [2.05, 4.69) is 30.1 Å². The van der Waals surface area contributed by atoms with E-state index in [1.165, 1.54) is 24.8 Å². The second kappa shape index (κ2) is 14.1. The van der Waals surface area contributed by atoms with Crippen molar-refractivity contribution in [2.45, 2.75) is 77.6 Å². The van der Waals surface area contributed by atoms with E-state index in [-0.39, 0.29) is 42.0 Å². The zero-order valence-electron chi connectivity index (χ0n) is 21.8. The first-order valence-electron chi connectivity index (χ1n) is 13.3. The molecule has 1 heterocycles. The molecule has 3 atom stereocenters. The number of carbonyl (C=O) groups excluding carboxylic acids is 2. The van der Waals surface area contributed by atoms with E-state index in [4.69, 9.17) is 4.74 Å². The van der Waals surface area contributed by atoms with Gasteiger partial charge in [-0.2, -0.15) is 0 Å². The van der Waals surface area contributed by atoms with Crippen LogP contribution in [0, 0.1) is 17.8 Å². The molecule has 0 spiro atoms. The standard InChI is InChI=1S/C28H44N2O4.ClH/c1-4-34-26(32)13-16-29-27(33)25(22-9-6-5-7-10-22)14-17-30-18-15-28(3,21(2)20-30)23-11-8-12-24(31)19-23;/h8,11-12,19,21-22,25,31H,4-7,9-10,13-18,20H2,1-3H3,(H,29,33);1H. The molecule has 1 saturated heterocycles. The summed E-state index contributed by atoms with van der Waals surface area (Å²) in [5, 5.41) is 13.0. The number of phenols is 1. The highest BCUT2D eigenvalue weighted by atomic mass is 35.5. The number of rotatable bonds is 10. The van der Waals surface area contributed by atoms with Crippen LogP contribution in [-0.4, -0.2) is 54.7 Å². The highest BCUT2D eigenvalue weighted by Gasteiger charge is 2.38. The lowest BCUT2D eigenvalue weighted by molar-refractivity contribution is -0.143. The van der Waals surface area contributed by atoms with Crippen LogP contribution < -0.4 is 5.32 Å². The van der Waals surface area contributed by atoms with Gasteiger partial charge in [0.15, 0.2) is 0 Å². The first-order chi connectivity index (χ1) is 16.3. The van der Waals surface area contributed by atoms with Crippen LogP contribution in [0.15, 0.2) is 24.3 Å². The molecule has 35 heavy (non-hydrogen) atoms. The third kappa shape index (κ3) is 8.11. The summed E-state index contributed by atoms with van der Waals surface area (Å²) in [5.74, 6) is 1.08. The molecule has 1 amide bonds. The summed E-state index contributed by atoms with van der Waals surface area (Å²) < 4.78 is 4.98. The highest BCUT2D eigenvalue weighted by molar-refractivity contribution is 5.85. The molecule has 3 rings (SSSR count). The van der Waals surface area contributed by atoms with E-state index >= 15 is 0 Å². The highest BCUT2D eigenvalue weighted by Crippen LogP contribution is 2.40. The van der Waals surface area contributed by atoms with Gasteiger partial charge >= 0.3 is 5.97 Å². The van der Waals surface area contributed by atoms with Crippen molar-refractivity contribution in [1.29, 1.82) is 0 Å². The van der Waals surface area contributed by atoms with Crippen LogP contribution >= 0.6 is 12.4 Å². The largest absolute Gasteiger partial charge is 0.508 e. The summed E-state index contributed by atoms with van der Waals surface area (Å²) in [6.07, 6.45) is 8.08. The number of halogens is 1. The normalized spacial score (nSPS) is 24.3. The van der Waals surface area contributed by atoms with Crippen LogP contribution in [0.4, 0.5) is 0 Å². The Bertz CT molecular complexity index is 814. The van der Waals surface area contributed by atoms with Gasteiger partial charge in [-0.25, -0.2) is 0 Å². The van der Waals surface area contributed by atoms with Crippen LogP contribution in [0.1, 0.15) is 77.7 Å². The van der Waals surface area contributed by atoms with Crippen LogP contribution in [0.2, 0.25) is 0 Å². The molecule has 0 bridgehead atoms. The zero-order chi connectivity index (χ0) is 24.6. The predicted octanol–water partition coefficient (Wildman–Crippen LogP) is 5.07. The third-order valence-corrected chi connectivity index (χ3v) is 8.32. The van der Waals surface area contributed by atoms with E-state index in [1.807, 2.05) is 12.1 Å². The summed E-state index contributed by atoms with van der Waals surface area (Å²) in [4.78, 5) is 27.3. The van der Waals surface area contributed by atoms with Crippen molar-refractivity contribution in [3.8, 4) is 5.75 Å². The average molecular weight is 509 g/mol. The molecular weight excluding hydrogens is 464 g/mol. The summed E-state index contributed by atoms with van der Waals surface area (Å²) in [7, 11) is 0. The van der Waals surface area contributed by atoms with Crippen molar-refractivity contribution in [1.82, 2.24) is 10.2 Å². The van der Waals surface area contributed by atoms with Gasteiger partial charge < -0.3 is 20.1 Å². The number of likely N-dealkylation sites (tertiary alicyclic amines) is 1. The van der Waals surface area contributed by atoms with Gasteiger partial charge in [0.1, 0.15) is 5.75 Å². The summed E-state index contributed by atoms with van der Waals surface area (Å²) in [6, 6.07) is 7.71. The second-order valence-electron chi connectivity index (χ2n) is 10.6. The Morgan fingerprint density at radius 2 is 2.00 bits per heavy atom. The molecule has 7 heteroatoms. The van der Waals surface area contributed by atoms with Gasteiger partial charge in [-0.15, -0.1) is 12.4 Å². The number of benzene rings is 1. The average Bonchev–Trinajstić information content (AvgIpc) is 2.82. The minimum atomic E-state index is -0.255. The SMILES string of the molecule is CCOC(=O)CCNC(=O)C(CCN1CCC(C)(c2cccc(O)c2)C(C)C1)C1CCCCC1.Cl. The molecule has 6 nitrogen and oxygen atoms in total. The maximum atomic E-state index is 13.1. The molecule has 1 aliphatic carbocycles. The van der Waals surface area contributed by atoms with Crippen molar-refractivity contribution < 1.29 is 19.4 Å².